The third kappa shape index (κ3) is 4.28. The van der Waals surface area contributed by atoms with Crippen LogP contribution >= 0.6 is 11.3 Å². The van der Waals surface area contributed by atoms with Crippen LogP contribution in [-0.4, -0.2) is 43.6 Å². The summed E-state index contributed by atoms with van der Waals surface area (Å²) in [5.74, 6) is -1.39. The first-order valence-electron chi connectivity index (χ1n) is 9.79. The fraction of sp³-hybridized carbons (Fsp3) is 0.286. The van der Waals surface area contributed by atoms with Crippen LogP contribution in [0.2, 0.25) is 0 Å². The number of amides is 1. The maximum absolute atomic E-state index is 14.5. The molecule has 1 fully saturated rings. The lowest BCUT2D eigenvalue weighted by Crippen LogP contribution is -2.44. The highest BCUT2D eigenvalue weighted by molar-refractivity contribution is 7.21. The summed E-state index contributed by atoms with van der Waals surface area (Å²) in [6, 6.07) is 7.55. The van der Waals surface area contributed by atoms with Crippen molar-refractivity contribution >= 4 is 38.8 Å². The molecule has 160 valence electrons. The Bertz CT molecular complexity index is 1180. The van der Waals surface area contributed by atoms with Gasteiger partial charge in [0.05, 0.1) is 11.4 Å². The van der Waals surface area contributed by atoms with Crippen molar-refractivity contribution in [1.82, 2.24) is 15.6 Å². The molecule has 1 saturated heterocycles. The van der Waals surface area contributed by atoms with E-state index in [1.165, 1.54) is 18.2 Å². The summed E-state index contributed by atoms with van der Waals surface area (Å²) in [6.45, 7) is 2.80. The monoisotopic (exact) mass is 442 g/mol. The molecule has 0 unspecified atom stereocenters. The predicted octanol–water partition coefficient (Wildman–Crippen LogP) is 2.41. The maximum atomic E-state index is 14.5. The highest BCUT2D eigenvalue weighted by Crippen LogP contribution is 2.32. The van der Waals surface area contributed by atoms with Crippen molar-refractivity contribution in [2.45, 2.75) is 6.42 Å². The van der Waals surface area contributed by atoms with Gasteiger partial charge >= 0.3 is 0 Å². The van der Waals surface area contributed by atoms with Crippen molar-refractivity contribution in [3.05, 3.63) is 52.0 Å². The molecule has 1 aliphatic rings. The van der Waals surface area contributed by atoms with Crippen LogP contribution in [0, 0.1) is 23.0 Å². The minimum atomic E-state index is -0.501. The summed E-state index contributed by atoms with van der Waals surface area (Å²) in [7, 11) is 0. The molecule has 3 aromatic rings. The van der Waals surface area contributed by atoms with Gasteiger partial charge in [-0.15, -0.1) is 11.3 Å². The predicted molar refractivity (Wildman–Crippen MR) is 116 cm³/mol. The summed E-state index contributed by atoms with van der Waals surface area (Å²) in [6.07, 6.45) is 0.137. The molecule has 7 nitrogen and oxygen atoms in total. The number of benzene rings is 1. The SMILES string of the molecule is N#Cc1ccc2c(N)c(C(=O)NCCc3cc(F)c(N4CCNCC4)cc3F)sc2n1. The topological polar surface area (TPSA) is 107 Å². The Morgan fingerprint density at radius 2 is 2.06 bits per heavy atom. The number of nitrogens with zero attached hydrogens (tertiary/aromatic N) is 3. The van der Waals surface area contributed by atoms with Crippen LogP contribution in [0.15, 0.2) is 24.3 Å². The normalized spacial score (nSPS) is 13.9. The van der Waals surface area contributed by atoms with Gasteiger partial charge in [-0.2, -0.15) is 5.26 Å². The quantitative estimate of drug-likeness (QED) is 0.560. The van der Waals surface area contributed by atoms with E-state index in [0.29, 0.717) is 23.3 Å². The van der Waals surface area contributed by atoms with Crippen molar-refractivity contribution < 1.29 is 13.6 Å². The number of hydrogen-bond donors (Lipinski definition) is 3. The van der Waals surface area contributed by atoms with E-state index in [2.05, 4.69) is 15.6 Å². The molecule has 4 rings (SSSR count). The molecule has 0 radical (unpaired) electrons. The van der Waals surface area contributed by atoms with Crippen molar-refractivity contribution in [1.29, 1.82) is 5.26 Å². The lowest BCUT2D eigenvalue weighted by molar-refractivity contribution is 0.0959. The zero-order valence-electron chi connectivity index (χ0n) is 16.5. The molecule has 0 atom stereocenters. The Labute approximate surface area is 181 Å². The number of hydrogen-bond acceptors (Lipinski definition) is 7. The van der Waals surface area contributed by atoms with Crippen LogP contribution in [-0.2, 0) is 6.42 Å². The second kappa shape index (κ2) is 8.83. The highest BCUT2D eigenvalue weighted by Gasteiger charge is 2.19. The molecule has 0 spiro atoms. The number of halogens is 2. The molecule has 0 saturated carbocycles. The number of nitrogens with one attached hydrogen (secondary N) is 2. The van der Waals surface area contributed by atoms with Crippen LogP contribution in [0.25, 0.3) is 10.2 Å². The van der Waals surface area contributed by atoms with Crippen molar-refractivity contribution in [2.24, 2.45) is 0 Å². The number of rotatable bonds is 5. The van der Waals surface area contributed by atoms with Crippen LogP contribution in [0.1, 0.15) is 20.9 Å². The number of anilines is 2. The van der Waals surface area contributed by atoms with Gasteiger partial charge in [0.1, 0.15) is 33.1 Å². The fourth-order valence-corrected chi connectivity index (χ4v) is 4.55. The molecule has 31 heavy (non-hydrogen) atoms. The number of pyridine rings is 1. The number of carbonyl (C=O) groups is 1. The van der Waals surface area contributed by atoms with Crippen LogP contribution < -0.4 is 21.3 Å². The zero-order chi connectivity index (χ0) is 22.0. The van der Waals surface area contributed by atoms with E-state index in [1.54, 1.807) is 6.07 Å². The minimum absolute atomic E-state index is 0.118. The molecular weight excluding hydrogens is 422 g/mol. The smallest absolute Gasteiger partial charge is 0.263 e. The zero-order valence-corrected chi connectivity index (χ0v) is 17.4. The van der Waals surface area contributed by atoms with Gasteiger partial charge in [-0.05, 0) is 30.2 Å². The molecule has 10 heteroatoms. The third-order valence-corrected chi connectivity index (χ3v) is 6.28. The maximum Gasteiger partial charge on any atom is 0.263 e. The lowest BCUT2D eigenvalue weighted by atomic mass is 10.1. The summed E-state index contributed by atoms with van der Waals surface area (Å²) in [4.78, 5) is 19.3. The Balaban J connectivity index is 1.43. The number of nitriles is 1. The van der Waals surface area contributed by atoms with E-state index in [1.807, 2.05) is 11.0 Å². The third-order valence-electron chi connectivity index (χ3n) is 5.17. The number of fused-ring (bicyclic) bond motifs is 1. The fourth-order valence-electron chi connectivity index (χ4n) is 3.54. The average Bonchev–Trinajstić information content (AvgIpc) is 3.12. The lowest BCUT2D eigenvalue weighted by Gasteiger charge is -2.30. The van der Waals surface area contributed by atoms with Crippen LogP contribution in [0.3, 0.4) is 0 Å². The molecule has 4 N–H and O–H groups in total. The molecule has 2 aromatic heterocycles. The number of nitrogens with two attached hydrogens (primary N) is 1. The van der Waals surface area contributed by atoms with Gasteiger partial charge in [0.15, 0.2) is 0 Å². The summed E-state index contributed by atoms with van der Waals surface area (Å²) in [5.41, 5.74) is 7.03. The van der Waals surface area contributed by atoms with Gasteiger partial charge in [0.2, 0.25) is 0 Å². The minimum Gasteiger partial charge on any atom is -0.397 e. The Morgan fingerprint density at radius 3 is 2.81 bits per heavy atom. The standard InChI is InChI=1S/C21H20F2N6OS/c22-15-10-17(29-7-5-26-6-8-29)16(23)9-12(15)3-4-27-20(30)19-18(25)14-2-1-13(11-24)28-21(14)31-19/h1-2,9-10,26H,3-8,25H2,(H,27,30). The van der Waals surface area contributed by atoms with Gasteiger partial charge in [-0.1, -0.05) is 0 Å². The molecular formula is C21H20F2N6OS. The molecule has 0 bridgehead atoms. The van der Waals surface area contributed by atoms with Crippen molar-refractivity contribution in [3.8, 4) is 6.07 Å². The number of piperazine rings is 1. The first kappa shape index (κ1) is 21.0. The van der Waals surface area contributed by atoms with E-state index in [-0.39, 0.29) is 40.5 Å². The van der Waals surface area contributed by atoms with Crippen molar-refractivity contribution in [2.75, 3.05) is 43.4 Å². The highest BCUT2D eigenvalue weighted by atomic mass is 32.1. The van der Waals surface area contributed by atoms with Crippen LogP contribution in [0.5, 0.6) is 0 Å². The second-order valence-corrected chi connectivity index (χ2v) is 8.14. The van der Waals surface area contributed by atoms with E-state index < -0.39 is 17.5 Å². The molecule has 1 aliphatic heterocycles. The van der Waals surface area contributed by atoms with E-state index >= 15 is 0 Å². The van der Waals surface area contributed by atoms with E-state index in [0.717, 1.165) is 24.4 Å². The molecule has 1 amide bonds. The number of nitrogen functional groups attached to an aromatic ring is 1. The van der Waals surface area contributed by atoms with Gasteiger partial charge in [-0.3, -0.25) is 4.79 Å². The second-order valence-electron chi connectivity index (χ2n) is 7.14. The molecule has 3 heterocycles. The van der Waals surface area contributed by atoms with Gasteiger partial charge in [0, 0.05) is 44.2 Å². The number of thiophene rings is 1. The Morgan fingerprint density at radius 1 is 1.29 bits per heavy atom. The number of carbonyl (C=O) groups excluding carboxylic acids is 1. The first-order valence-corrected chi connectivity index (χ1v) is 10.6. The largest absolute Gasteiger partial charge is 0.397 e. The van der Waals surface area contributed by atoms with Crippen molar-refractivity contribution in [3.63, 3.8) is 0 Å². The van der Waals surface area contributed by atoms with E-state index in [4.69, 9.17) is 11.0 Å². The summed E-state index contributed by atoms with van der Waals surface area (Å²) >= 11 is 1.09. The molecule has 1 aromatic carbocycles. The average molecular weight is 442 g/mol. The van der Waals surface area contributed by atoms with Crippen LogP contribution in [0.4, 0.5) is 20.2 Å². The summed E-state index contributed by atoms with van der Waals surface area (Å²) in [5, 5.41) is 15.4. The Kier molecular flexibility index (Phi) is 5.97. The summed E-state index contributed by atoms with van der Waals surface area (Å²) < 4.78 is 29.1. The van der Waals surface area contributed by atoms with E-state index in [9.17, 15) is 13.6 Å². The van der Waals surface area contributed by atoms with Gasteiger partial charge in [-0.25, -0.2) is 13.8 Å². The van der Waals surface area contributed by atoms with Gasteiger partial charge < -0.3 is 21.3 Å². The molecule has 0 aliphatic carbocycles. The number of aromatic nitrogens is 1. The Hall–Kier alpha value is -3.29. The first-order chi connectivity index (χ1) is 15.0. The van der Waals surface area contributed by atoms with Gasteiger partial charge in [0.25, 0.3) is 5.91 Å².